The van der Waals surface area contributed by atoms with E-state index in [9.17, 15) is 0 Å². The van der Waals surface area contributed by atoms with E-state index >= 15 is 0 Å². The van der Waals surface area contributed by atoms with Gasteiger partial charge >= 0.3 is 0 Å². The molecule has 0 bridgehead atoms. The van der Waals surface area contributed by atoms with Gasteiger partial charge in [-0.1, -0.05) is 20.3 Å². The van der Waals surface area contributed by atoms with Gasteiger partial charge in [0.1, 0.15) is 5.75 Å². The summed E-state index contributed by atoms with van der Waals surface area (Å²) in [4.78, 5) is 0. The third-order valence-electron chi connectivity index (χ3n) is 3.18. The number of hydrogen-bond donors (Lipinski definition) is 1. The van der Waals surface area contributed by atoms with Gasteiger partial charge in [0.05, 0.1) is 12.7 Å². The molecule has 102 valence electrons. The fraction of sp³-hybridized carbons (Fsp3) is 0.462. The van der Waals surface area contributed by atoms with Crippen molar-refractivity contribution < 1.29 is 4.74 Å². The van der Waals surface area contributed by atoms with E-state index in [0.29, 0.717) is 17.4 Å². The van der Waals surface area contributed by atoms with Gasteiger partial charge in [-0.05, 0) is 34.5 Å². The van der Waals surface area contributed by atoms with Crippen LogP contribution in [0.3, 0.4) is 0 Å². The number of nitrogen functional groups attached to an aromatic ring is 1. The molecule has 0 aliphatic rings. The zero-order valence-corrected chi connectivity index (χ0v) is 11.5. The van der Waals surface area contributed by atoms with Crippen molar-refractivity contribution in [1.29, 1.82) is 0 Å². The number of nitrogens with zero attached hydrogens (tertiary/aromatic N) is 4. The predicted octanol–water partition coefficient (Wildman–Crippen LogP) is 1.98. The summed E-state index contributed by atoms with van der Waals surface area (Å²) >= 11 is 0. The van der Waals surface area contributed by atoms with Crippen molar-refractivity contribution >= 4 is 5.69 Å². The minimum Gasteiger partial charge on any atom is -0.496 e. The van der Waals surface area contributed by atoms with E-state index in [1.807, 2.05) is 12.1 Å². The van der Waals surface area contributed by atoms with Crippen LogP contribution in [-0.4, -0.2) is 27.3 Å². The van der Waals surface area contributed by atoms with Crippen LogP contribution < -0.4 is 10.5 Å². The normalized spacial score (nSPS) is 12.4. The van der Waals surface area contributed by atoms with E-state index in [0.717, 1.165) is 24.3 Å². The van der Waals surface area contributed by atoms with Crippen LogP contribution >= 0.6 is 0 Å². The van der Waals surface area contributed by atoms with Crippen molar-refractivity contribution in [1.82, 2.24) is 20.2 Å². The molecule has 0 saturated heterocycles. The molecule has 0 fully saturated rings. The third-order valence-corrected chi connectivity index (χ3v) is 3.18. The molecule has 1 unspecified atom stereocenters. The highest BCUT2D eigenvalue weighted by Crippen LogP contribution is 2.30. The van der Waals surface area contributed by atoms with Crippen LogP contribution in [0.2, 0.25) is 0 Å². The Bertz CT molecular complexity index is 552. The van der Waals surface area contributed by atoms with Gasteiger partial charge in [-0.3, -0.25) is 0 Å². The quantitative estimate of drug-likeness (QED) is 0.832. The Kier molecular flexibility index (Phi) is 3.99. The van der Waals surface area contributed by atoms with Crippen molar-refractivity contribution in [3.8, 4) is 17.1 Å². The molecule has 19 heavy (non-hydrogen) atoms. The van der Waals surface area contributed by atoms with E-state index in [1.165, 1.54) is 0 Å². The monoisotopic (exact) mass is 261 g/mol. The number of tetrazole rings is 1. The molecule has 0 radical (unpaired) electrons. The summed E-state index contributed by atoms with van der Waals surface area (Å²) in [5.74, 6) is 1.91. The molecule has 2 aromatic rings. The molecule has 1 aromatic carbocycles. The van der Waals surface area contributed by atoms with Gasteiger partial charge in [-0.25, -0.2) is 4.68 Å². The molecule has 0 amide bonds. The number of benzene rings is 1. The highest BCUT2D eigenvalue weighted by molar-refractivity contribution is 5.68. The molecular weight excluding hydrogens is 242 g/mol. The van der Waals surface area contributed by atoms with Gasteiger partial charge < -0.3 is 10.5 Å². The lowest BCUT2D eigenvalue weighted by molar-refractivity contribution is 0.413. The summed E-state index contributed by atoms with van der Waals surface area (Å²) in [5.41, 5.74) is 7.31. The molecule has 0 spiro atoms. The topological polar surface area (TPSA) is 78.9 Å². The van der Waals surface area contributed by atoms with Crippen molar-refractivity contribution in [3.63, 3.8) is 0 Å². The fourth-order valence-electron chi connectivity index (χ4n) is 1.85. The first-order valence-electron chi connectivity index (χ1n) is 6.35. The number of ether oxygens (including phenoxy) is 1. The Morgan fingerprint density at radius 2 is 2.21 bits per heavy atom. The maximum Gasteiger partial charge on any atom is 0.185 e. The zero-order chi connectivity index (χ0) is 13.8. The van der Waals surface area contributed by atoms with E-state index in [2.05, 4.69) is 29.4 Å². The van der Waals surface area contributed by atoms with Crippen molar-refractivity contribution in [3.05, 3.63) is 18.2 Å². The van der Waals surface area contributed by atoms with Gasteiger partial charge in [-0.2, -0.15) is 0 Å². The van der Waals surface area contributed by atoms with E-state index in [4.69, 9.17) is 10.5 Å². The van der Waals surface area contributed by atoms with Gasteiger partial charge in [0.15, 0.2) is 5.82 Å². The zero-order valence-electron chi connectivity index (χ0n) is 11.5. The first-order chi connectivity index (χ1) is 9.15. The molecule has 1 atom stereocenters. The Morgan fingerprint density at radius 1 is 1.42 bits per heavy atom. The second-order valence-corrected chi connectivity index (χ2v) is 4.66. The maximum absolute atomic E-state index is 5.83. The smallest absolute Gasteiger partial charge is 0.185 e. The van der Waals surface area contributed by atoms with Crippen LogP contribution in [0.5, 0.6) is 5.75 Å². The summed E-state index contributed by atoms with van der Waals surface area (Å²) in [5, 5.41) is 11.9. The van der Waals surface area contributed by atoms with Crippen molar-refractivity contribution in [2.75, 3.05) is 12.8 Å². The lowest BCUT2D eigenvalue weighted by atomic mass is 10.1. The van der Waals surface area contributed by atoms with Crippen LogP contribution in [-0.2, 0) is 6.54 Å². The van der Waals surface area contributed by atoms with Crippen molar-refractivity contribution in [2.45, 2.75) is 26.8 Å². The molecule has 6 heteroatoms. The molecule has 2 rings (SSSR count). The van der Waals surface area contributed by atoms with Crippen molar-refractivity contribution in [2.24, 2.45) is 5.92 Å². The molecule has 0 aliphatic carbocycles. The highest BCUT2D eigenvalue weighted by Gasteiger charge is 2.15. The number of rotatable bonds is 5. The molecule has 6 nitrogen and oxygen atoms in total. The van der Waals surface area contributed by atoms with Crippen LogP contribution in [0.1, 0.15) is 20.3 Å². The number of aromatic nitrogens is 4. The number of hydrogen-bond acceptors (Lipinski definition) is 5. The molecule has 1 heterocycles. The second-order valence-electron chi connectivity index (χ2n) is 4.66. The molecular formula is C13H19N5O. The summed E-state index contributed by atoms with van der Waals surface area (Å²) in [6.07, 6.45) is 1.08. The lowest BCUT2D eigenvalue weighted by Gasteiger charge is -2.12. The van der Waals surface area contributed by atoms with Crippen LogP contribution in [0, 0.1) is 5.92 Å². The third kappa shape index (κ3) is 2.83. The van der Waals surface area contributed by atoms with Crippen LogP contribution in [0.4, 0.5) is 5.69 Å². The summed E-state index contributed by atoms with van der Waals surface area (Å²) in [6, 6.07) is 5.45. The van der Waals surface area contributed by atoms with Gasteiger partial charge in [0.2, 0.25) is 0 Å². The molecule has 2 N–H and O–H groups in total. The van der Waals surface area contributed by atoms with Gasteiger partial charge in [-0.15, -0.1) is 5.10 Å². The van der Waals surface area contributed by atoms with Gasteiger partial charge in [0.25, 0.3) is 0 Å². The average molecular weight is 261 g/mol. The standard InChI is InChI=1S/C13H19N5O/c1-4-9(2)8-18-13(15-16-17-18)11-7-10(14)5-6-12(11)19-3/h5-7,9H,4,8,14H2,1-3H3. The first kappa shape index (κ1) is 13.3. The molecule has 0 saturated carbocycles. The largest absolute Gasteiger partial charge is 0.496 e. The maximum atomic E-state index is 5.83. The minimum absolute atomic E-state index is 0.509. The first-order valence-corrected chi connectivity index (χ1v) is 6.35. The fourth-order valence-corrected chi connectivity index (χ4v) is 1.85. The number of anilines is 1. The predicted molar refractivity (Wildman–Crippen MR) is 73.7 cm³/mol. The number of nitrogens with two attached hydrogens (primary N) is 1. The summed E-state index contributed by atoms with van der Waals surface area (Å²) < 4.78 is 7.14. The van der Waals surface area contributed by atoms with E-state index in [1.54, 1.807) is 17.9 Å². The SMILES string of the molecule is CCC(C)Cn1nnnc1-c1cc(N)ccc1OC. The molecule has 0 aliphatic heterocycles. The van der Waals surface area contributed by atoms with Crippen LogP contribution in [0.25, 0.3) is 11.4 Å². The summed E-state index contributed by atoms with van der Waals surface area (Å²) in [6.45, 7) is 5.09. The Labute approximate surface area is 112 Å². The highest BCUT2D eigenvalue weighted by atomic mass is 16.5. The van der Waals surface area contributed by atoms with Crippen LogP contribution in [0.15, 0.2) is 18.2 Å². The van der Waals surface area contributed by atoms with E-state index < -0.39 is 0 Å². The molecule has 1 aromatic heterocycles. The summed E-state index contributed by atoms with van der Waals surface area (Å²) in [7, 11) is 1.62. The Hall–Kier alpha value is -2.11. The average Bonchev–Trinajstić information content (AvgIpc) is 2.86. The van der Waals surface area contributed by atoms with E-state index in [-0.39, 0.29) is 0 Å². The Morgan fingerprint density at radius 3 is 2.89 bits per heavy atom. The number of methoxy groups -OCH3 is 1. The Balaban J connectivity index is 2.42. The van der Waals surface area contributed by atoms with Gasteiger partial charge in [0, 0.05) is 12.2 Å². The lowest BCUT2D eigenvalue weighted by Crippen LogP contribution is -2.10. The minimum atomic E-state index is 0.509. The second kappa shape index (κ2) is 5.69.